The molecule has 3 N–H and O–H groups in total. The topological polar surface area (TPSA) is 98.7 Å². The molecule has 0 heterocycles. The molecule has 0 spiro atoms. The minimum Gasteiger partial charge on any atom is -0.357 e. The summed E-state index contributed by atoms with van der Waals surface area (Å²) >= 11 is 0. The van der Waals surface area contributed by atoms with Crippen molar-refractivity contribution in [2.45, 2.75) is 53.5 Å². The minimum absolute atomic E-state index is 0.00227. The van der Waals surface area contributed by atoms with Crippen LogP contribution in [0.4, 0.5) is 0 Å². The highest BCUT2D eigenvalue weighted by atomic mass is 16.5. The van der Waals surface area contributed by atoms with Crippen molar-refractivity contribution >= 4 is 17.7 Å². The summed E-state index contributed by atoms with van der Waals surface area (Å²) in [6, 6.07) is -0.715. The quantitative estimate of drug-likeness (QED) is 0.333. The largest absolute Gasteiger partial charge is 0.357 e. The van der Waals surface area contributed by atoms with Crippen molar-refractivity contribution in [2.24, 2.45) is 17.3 Å². The Balaban J connectivity index is 5.24. The van der Waals surface area contributed by atoms with Crippen molar-refractivity contribution < 1.29 is 19.6 Å². The molecular weight excluding hydrogens is 322 g/mol. The Kier molecular flexibility index (Phi) is 9.41. The average molecular weight is 355 g/mol. The minimum atomic E-state index is -0.715. The van der Waals surface area contributed by atoms with Crippen LogP contribution in [-0.2, 0) is 14.4 Å². The Morgan fingerprint density at radius 3 is 2.16 bits per heavy atom. The predicted octanol–water partition coefficient (Wildman–Crippen LogP) is 1.72. The molecule has 0 saturated carbocycles. The van der Waals surface area contributed by atoms with Crippen LogP contribution in [0.3, 0.4) is 0 Å². The summed E-state index contributed by atoms with van der Waals surface area (Å²) < 4.78 is 0. The summed E-state index contributed by atoms with van der Waals surface area (Å²) in [7, 11) is 1.52. The molecule has 0 aromatic carbocycles. The zero-order valence-electron chi connectivity index (χ0n) is 16.3. The Morgan fingerprint density at radius 2 is 1.76 bits per heavy atom. The van der Waals surface area contributed by atoms with E-state index in [4.69, 9.17) is 0 Å². The van der Waals surface area contributed by atoms with E-state index >= 15 is 0 Å². The van der Waals surface area contributed by atoms with E-state index in [1.54, 1.807) is 0 Å². The molecule has 0 aromatic rings. The van der Waals surface area contributed by atoms with Gasteiger partial charge in [0.05, 0.1) is 6.54 Å². The van der Waals surface area contributed by atoms with Gasteiger partial charge in [0.15, 0.2) is 0 Å². The highest BCUT2D eigenvalue weighted by Gasteiger charge is 2.34. The van der Waals surface area contributed by atoms with Crippen molar-refractivity contribution in [2.75, 3.05) is 13.6 Å². The molecule has 7 heteroatoms. The van der Waals surface area contributed by atoms with Crippen LogP contribution < -0.4 is 10.6 Å². The van der Waals surface area contributed by atoms with Gasteiger partial charge in [0.25, 0.3) is 0 Å². The number of carbonyl (C=O) groups is 3. The van der Waals surface area contributed by atoms with Gasteiger partial charge in [-0.15, -0.1) is 6.58 Å². The van der Waals surface area contributed by atoms with Crippen LogP contribution in [0.1, 0.15) is 47.5 Å². The summed E-state index contributed by atoms with van der Waals surface area (Å²) in [5, 5.41) is 15.5. The summed E-state index contributed by atoms with van der Waals surface area (Å²) in [4.78, 5) is 36.9. The molecule has 25 heavy (non-hydrogen) atoms. The first-order chi connectivity index (χ1) is 11.4. The monoisotopic (exact) mass is 355 g/mol. The summed E-state index contributed by atoms with van der Waals surface area (Å²) in [6.45, 7) is 12.9. The Labute approximate surface area is 150 Å². The number of amides is 3. The third kappa shape index (κ3) is 8.16. The Bertz CT molecular complexity index is 483. The van der Waals surface area contributed by atoms with Crippen LogP contribution in [-0.4, -0.2) is 47.6 Å². The Morgan fingerprint density at radius 1 is 1.20 bits per heavy atom. The molecule has 0 aliphatic heterocycles. The molecular formula is C18H33N3O4. The van der Waals surface area contributed by atoms with Crippen molar-refractivity contribution in [1.82, 2.24) is 15.7 Å². The smallest absolute Gasteiger partial charge is 0.247 e. The van der Waals surface area contributed by atoms with Crippen molar-refractivity contribution in [3.63, 3.8) is 0 Å². The van der Waals surface area contributed by atoms with Crippen LogP contribution >= 0.6 is 0 Å². The Hall–Kier alpha value is -1.89. The summed E-state index contributed by atoms with van der Waals surface area (Å²) in [5.74, 6) is -1.64. The standard InChI is InChI=1S/C18H33N3O4/c1-8-9-21(25)14(22)11-13(10-12(2)3)16(23)20-15(17(24)19-7)18(4,5)6/h8,12-13,15,25H,1,9-11H2,2-7H3,(H,19,24)(H,20,23)/t13-,15-/m1/s1. The van der Waals surface area contributed by atoms with Crippen LogP contribution in [0.2, 0.25) is 0 Å². The lowest BCUT2D eigenvalue weighted by Crippen LogP contribution is -2.54. The fraction of sp³-hybridized carbons (Fsp3) is 0.722. The van der Waals surface area contributed by atoms with Crippen LogP contribution in [0.5, 0.6) is 0 Å². The van der Waals surface area contributed by atoms with Gasteiger partial charge in [0, 0.05) is 19.4 Å². The van der Waals surface area contributed by atoms with Gasteiger partial charge in [-0.3, -0.25) is 19.6 Å². The van der Waals surface area contributed by atoms with E-state index < -0.39 is 23.3 Å². The van der Waals surface area contributed by atoms with Crippen molar-refractivity contribution in [3.05, 3.63) is 12.7 Å². The van der Waals surface area contributed by atoms with Crippen LogP contribution in [0.25, 0.3) is 0 Å². The maximum atomic E-state index is 12.7. The van der Waals surface area contributed by atoms with Gasteiger partial charge in [0.2, 0.25) is 17.7 Å². The van der Waals surface area contributed by atoms with E-state index in [1.807, 2.05) is 34.6 Å². The lowest BCUT2D eigenvalue weighted by Gasteiger charge is -2.31. The molecule has 144 valence electrons. The van der Waals surface area contributed by atoms with Gasteiger partial charge < -0.3 is 10.6 Å². The van der Waals surface area contributed by atoms with Crippen LogP contribution in [0.15, 0.2) is 12.7 Å². The highest BCUT2D eigenvalue weighted by molar-refractivity contribution is 5.90. The second kappa shape index (κ2) is 10.2. The molecule has 0 bridgehead atoms. The van der Waals surface area contributed by atoms with Crippen molar-refractivity contribution in [3.8, 4) is 0 Å². The third-order valence-electron chi connectivity index (χ3n) is 3.80. The second-order valence-corrected chi connectivity index (χ2v) is 7.72. The van der Waals surface area contributed by atoms with Crippen LogP contribution in [0, 0.1) is 17.3 Å². The number of hydrogen-bond acceptors (Lipinski definition) is 4. The van der Waals surface area contributed by atoms with Gasteiger partial charge in [-0.1, -0.05) is 40.7 Å². The molecule has 0 aliphatic carbocycles. The number of hydrogen-bond donors (Lipinski definition) is 3. The summed E-state index contributed by atoms with van der Waals surface area (Å²) in [6.07, 6.45) is 1.75. The molecule has 0 saturated heterocycles. The van der Waals surface area contributed by atoms with E-state index in [1.165, 1.54) is 13.1 Å². The fourth-order valence-corrected chi connectivity index (χ4v) is 2.47. The molecule has 0 aliphatic rings. The van der Waals surface area contributed by atoms with Gasteiger partial charge in [-0.25, -0.2) is 5.06 Å². The molecule has 0 rings (SSSR count). The molecule has 2 atom stereocenters. The third-order valence-corrected chi connectivity index (χ3v) is 3.80. The predicted molar refractivity (Wildman–Crippen MR) is 96.7 cm³/mol. The SMILES string of the molecule is C=CCN(O)C(=O)C[C@@H](CC(C)C)C(=O)N[C@H](C(=O)NC)C(C)(C)C. The molecule has 0 unspecified atom stereocenters. The van der Waals surface area contributed by atoms with Gasteiger partial charge in [-0.2, -0.15) is 0 Å². The lowest BCUT2D eigenvalue weighted by atomic mass is 9.85. The number of nitrogens with one attached hydrogen (secondary N) is 2. The number of likely N-dealkylation sites (N-methyl/N-ethyl adjacent to an activating group) is 1. The normalized spacial score (nSPS) is 13.8. The summed E-state index contributed by atoms with van der Waals surface area (Å²) in [5.41, 5.74) is -0.478. The van der Waals surface area contributed by atoms with E-state index in [0.29, 0.717) is 11.5 Å². The number of hydroxylamine groups is 2. The maximum absolute atomic E-state index is 12.7. The van der Waals surface area contributed by atoms with Gasteiger partial charge >= 0.3 is 0 Å². The van der Waals surface area contributed by atoms with E-state index in [-0.39, 0.29) is 30.7 Å². The lowest BCUT2D eigenvalue weighted by molar-refractivity contribution is -0.165. The first-order valence-corrected chi connectivity index (χ1v) is 8.56. The zero-order chi connectivity index (χ0) is 19.8. The van der Waals surface area contributed by atoms with Gasteiger partial charge in [0.1, 0.15) is 6.04 Å². The molecule has 0 aromatic heterocycles. The average Bonchev–Trinajstić information content (AvgIpc) is 2.49. The second-order valence-electron chi connectivity index (χ2n) is 7.72. The van der Waals surface area contributed by atoms with E-state index in [9.17, 15) is 19.6 Å². The molecule has 3 amide bonds. The molecule has 7 nitrogen and oxygen atoms in total. The maximum Gasteiger partial charge on any atom is 0.247 e. The first kappa shape index (κ1) is 23.1. The molecule has 0 radical (unpaired) electrons. The zero-order valence-corrected chi connectivity index (χ0v) is 16.3. The fourth-order valence-electron chi connectivity index (χ4n) is 2.47. The van der Waals surface area contributed by atoms with Gasteiger partial charge in [-0.05, 0) is 17.8 Å². The highest BCUT2D eigenvalue weighted by Crippen LogP contribution is 2.22. The number of nitrogens with zero attached hydrogens (tertiary/aromatic N) is 1. The molecule has 0 fully saturated rings. The van der Waals surface area contributed by atoms with Crippen molar-refractivity contribution in [1.29, 1.82) is 0 Å². The van der Waals surface area contributed by atoms with E-state index in [2.05, 4.69) is 17.2 Å². The first-order valence-electron chi connectivity index (χ1n) is 8.56. The number of carbonyl (C=O) groups excluding carboxylic acids is 3. The van der Waals surface area contributed by atoms with E-state index in [0.717, 1.165) is 0 Å². The number of rotatable bonds is 9.